The smallest absolute Gasteiger partial charge is 0.417 e. The van der Waals surface area contributed by atoms with Gasteiger partial charge in [0.1, 0.15) is 5.69 Å². The number of primary amides is 1. The van der Waals surface area contributed by atoms with Gasteiger partial charge in [0.2, 0.25) is 0 Å². The Balaban J connectivity index is 2.56. The maximum absolute atomic E-state index is 12.9. The van der Waals surface area contributed by atoms with Crippen molar-refractivity contribution >= 4 is 11.9 Å². The summed E-state index contributed by atoms with van der Waals surface area (Å²) in [6, 6.07) is 3.85. The van der Waals surface area contributed by atoms with Crippen molar-refractivity contribution in [3.8, 4) is 5.69 Å². The molecule has 110 valence electrons. The lowest BCUT2D eigenvalue weighted by Crippen LogP contribution is -2.14. The molecule has 0 aliphatic heterocycles. The van der Waals surface area contributed by atoms with Crippen molar-refractivity contribution in [1.82, 2.24) is 9.78 Å². The molecule has 9 heteroatoms. The van der Waals surface area contributed by atoms with E-state index in [0.29, 0.717) is 6.07 Å². The summed E-state index contributed by atoms with van der Waals surface area (Å²) in [5, 5.41) is 12.5. The van der Waals surface area contributed by atoms with E-state index >= 15 is 0 Å². The van der Waals surface area contributed by atoms with Crippen LogP contribution in [0.3, 0.4) is 0 Å². The van der Waals surface area contributed by atoms with E-state index in [2.05, 4.69) is 5.10 Å². The third-order valence-electron chi connectivity index (χ3n) is 2.65. The number of aromatic carboxylic acids is 1. The standard InChI is InChI=1S/C12H8F3N3O3/c13-12(14,15)8-5-6(1-2-7(8)11(20)21)18-4-3-9(17-18)10(16)19/h1-5H,(H2,16,19)(H,20,21). The molecule has 0 aliphatic carbocycles. The second-order valence-electron chi connectivity index (χ2n) is 4.04. The van der Waals surface area contributed by atoms with Crippen molar-refractivity contribution in [2.24, 2.45) is 5.73 Å². The van der Waals surface area contributed by atoms with E-state index in [0.717, 1.165) is 16.8 Å². The second-order valence-corrected chi connectivity index (χ2v) is 4.04. The molecule has 0 saturated carbocycles. The van der Waals surface area contributed by atoms with Crippen LogP contribution in [0.1, 0.15) is 26.4 Å². The first-order valence-corrected chi connectivity index (χ1v) is 5.50. The van der Waals surface area contributed by atoms with Gasteiger partial charge in [0.05, 0.1) is 16.8 Å². The summed E-state index contributed by atoms with van der Waals surface area (Å²) in [5.74, 6) is -2.51. The lowest BCUT2D eigenvalue weighted by molar-refractivity contribution is -0.138. The Labute approximate surface area is 115 Å². The van der Waals surface area contributed by atoms with Crippen LogP contribution in [0, 0.1) is 0 Å². The third-order valence-corrected chi connectivity index (χ3v) is 2.65. The minimum Gasteiger partial charge on any atom is -0.478 e. The number of carbonyl (C=O) groups excluding carboxylic acids is 1. The van der Waals surface area contributed by atoms with Crippen molar-refractivity contribution in [2.75, 3.05) is 0 Å². The highest BCUT2D eigenvalue weighted by molar-refractivity contribution is 5.91. The fourth-order valence-electron chi connectivity index (χ4n) is 1.69. The molecule has 1 aromatic carbocycles. The summed E-state index contributed by atoms with van der Waals surface area (Å²) in [6.45, 7) is 0. The van der Waals surface area contributed by atoms with E-state index < -0.39 is 29.2 Å². The Kier molecular flexibility index (Phi) is 3.42. The van der Waals surface area contributed by atoms with Gasteiger partial charge in [-0.2, -0.15) is 18.3 Å². The maximum atomic E-state index is 12.9. The third kappa shape index (κ3) is 2.86. The monoisotopic (exact) mass is 299 g/mol. The maximum Gasteiger partial charge on any atom is 0.417 e. The molecule has 6 nitrogen and oxygen atoms in total. The minimum atomic E-state index is -4.83. The van der Waals surface area contributed by atoms with Crippen LogP contribution in [0.25, 0.3) is 5.69 Å². The van der Waals surface area contributed by atoms with Gasteiger partial charge >= 0.3 is 12.1 Å². The zero-order chi connectivity index (χ0) is 15.8. The Bertz CT molecular complexity index is 722. The summed E-state index contributed by atoms with van der Waals surface area (Å²) in [7, 11) is 0. The zero-order valence-electron chi connectivity index (χ0n) is 10.3. The number of hydrogen-bond acceptors (Lipinski definition) is 3. The van der Waals surface area contributed by atoms with E-state index in [4.69, 9.17) is 10.8 Å². The molecule has 0 unspecified atom stereocenters. The van der Waals surface area contributed by atoms with Gasteiger partial charge in [-0.1, -0.05) is 0 Å². The van der Waals surface area contributed by atoms with Gasteiger partial charge in [-0.05, 0) is 24.3 Å². The molecule has 2 aromatic rings. The van der Waals surface area contributed by atoms with Crippen molar-refractivity contribution in [3.05, 3.63) is 47.3 Å². The number of alkyl halides is 3. The highest BCUT2D eigenvalue weighted by Gasteiger charge is 2.35. The number of amides is 1. The topological polar surface area (TPSA) is 98.2 Å². The van der Waals surface area contributed by atoms with E-state index in [-0.39, 0.29) is 11.4 Å². The number of benzene rings is 1. The van der Waals surface area contributed by atoms with Crippen LogP contribution in [-0.4, -0.2) is 26.8 Å². The normalized spacial score (nSPS) is 11.4. The summed E-state index contributed by atoms with van der Waals surface area (Å²) in [5.41, 5.74) is 2.66. The van der Waals surface area contributed by atoms with E-state index in [1.807, 2.05) is 0 Å². The van der Waals surface area contributed by atoms with Crippen molar-refractivity contribution < 1.29 is 27.9 Å². The molecule has 0 radical (unpaired) electrons. The molecule has 0 spiro atoms. The van der Waals surface area contributed by atoms with Crippen LogP contribution in [0.4, 0.5) is 13.2 Å². The molecule has 0 saturated heterocycles. The fraction of sp³-hybridized carbons (Fsp3) is 0.0833. The first-order chi connectivity index (χ1) is 9.70. The summed E-state index contributed by atoms with van der Waals surface area (Å²) < 4.78 is 39.6. The lowest BCUT2D eigenvalue weighted by Gasteiger charge is -2.12. The lowest BCUT2D eigenvalue weighted by atomic mass is 10.1. The van der Waals surface area contributed by atoms with Gasteiger partial charge in [-0.3, -0.25) is 4.79 Å². The molecule has 0 aliphatic rings. The zero-order valence-corrected chi connectivity index (χ0v) is 10.3. The van der Waals surface area contributed by atoms with Gasteiger partial charge in [-0.15, -0.1) is 0 Å². The summed E-state index contributed by atoms with van der Waals surface area (Å²) in [4.78, 5) is 21.7. The summed E-state index contributed by atoms with van der Waals surface area (Å²) in [6.07, 6.45) is -3.58. The largest absolute Gasteiger partial charge is 0.478 e. The molecule has 0 atom stereocenters. The number of rotatable bonds is 3. The van der Waals surface area contributed by atoms with Crippen molar-refractivity contribution in [3.63, 3.8) is 0 Å². The Hall–Kier alpha value is -2.84. The molecular formula is C12H8F3N3O3. The first-order valence-electron chi connectivity index (χ1n) is 5.50. The van der Waals surface area contributed by atoms with Crippen LogP contribution in [0.2, 0.25) is 0 Å². The number of carboxylic acid groups (broad SMARTS) is 1. The molecule has 1 amide bonds. The van der Waals surface area contributed by atoms with E-state index in [1.54, 1.807) is 0 Å². The Morgan fingerprint density at radius 1 is 1.24 bits per heavy atom. The molecule has 1 heterocycles. The second kappa shape index (κ2) is 4.93. The summed E-state index contributed by atoms with van der Waals surface area (Å²) >= 11 is 0. The van der Waals surface area contributed by atoms with Gasteiger partial charge < -0.3 is 10.8 Å². The van der Waals surface area contributed by atoms with Crippen LogP contribution in [-0.2, 0) is 6.18 Å². The number of halogens is 3. The predicted octanol–water partition coefficient (Wildman–Crippen LogP) is 1.69. The van der Waals surface area contributed by atoms with Gasteiger partial charge in [-0.25, -0.2) is 9.48 Å². The highest BCUT2D eigenvalue weighted by atomic mass is 19.4. The molecule has 0 fully saturated rings. The predicted molar refractivity (Wildman–Crippen MR) is 64.0 cm³/mol. The molecule has 21 heavy (non-hydrogen) atoms. The quantitative estimate of drug-likeness (QED) is 0.901. The molecular weight excluding hydrogens is 291 g/mol. The number of nitrogens with zero attached hydrogens (tertiary/aromatic N) is 2. The van der Waals surface area contributed by atoms with Crippen molar-refractivity contribution in [2.45, 2.75) is 6.18 Å². The number of hydrogen-bond donors (Lipinski definition) is 2. The number of nitrogens with two attached hydrogens (primary N) is 1. The number of aromatic nitrogens is 2. The average molecular weight is 299 g/mol. The molecule has 3 N–H and O–H groups in total. The van der Waals surface area contributed by atoms with Crippen LogP contribution in [0.5, 0.6) is 0 Å². The molecule has 2 rings (SSSR count). The van der Waals surface area contributed by atoms with Crippen molar-refractivity contribution in [1.29, 1.82) is 0 Å². The van der Waals surface area contributed by atoms with Crippen LogP contribution >= 0.6 is 0 Å². The van der Waals surface area contributed by atoms with Gasteiger partial charge in [0.15, 0.2) is 0 Å². The number of carbonyl (C=O) groups is 2. The SMILES string of the molecule is NC(=O)c1ccn(-c2ccc(C(=O)O)c(C(F)(F)F)c2)n1. The highest BCUT2D eigenvalue weighted by Crippen LogP contribution is 2.33. The van der Waals surface area contributed by atoms with Gasteiger partial charge in [0.25, 0.3) is 5.91 Å². The van der Waals surface area contributed by atoms with Gasteiger partial charge in [0, 0.05) is 6.20 Å². The van der Waals surface area contributed by atoms with Crippen LogP contribution in [0.15, 0.2) is 30.5 Å². The average Bonchev–Trinajstić information content (AvgIpc) is 2.86. The van der Waals surface area contributed by atoms with Crippen LogP contribution < -0.4 is 5.73 Å². The first kappa shape index (κ1) is 14.6. The molecule has 0 bridgehead atoms. The molecule has 1 aromatic heterocycles. The Morgan fingerprint density at radius 2 is 1.90 bits per heavy atom. The Morgan fingerprint density at radius 3 is 2.38 bits per heavy atom. The van der Waals surface area contributed by atoms with E-state index in [9.17, 15) is 22.8 Å². The fourth-order valence-corrected chi connectivity index (χ4v) is 1.69. The minimum absolute atomic E-state index is 0.0418. The van der Waals surface area contributed by atoms with E-state index in [1.165, 1.54) is 12.3 Å². The number of carboxylic acids is 1.